The summed E-state index contributed by atoms with van der Waals surface area (Å²) in [5.41, 5.74) is 12.7. The second-order valence-electron chi connectivity index (χ2n) is 38.8. The minimum atomic E-state index is -2.85. The SMILES string of the molecule is C.C.C=CCN(C(=O)c1ccccc1)c1ncnc2c1ncn2[C@@H]1O[C@H](COP=S)[C@@H](NP(C)(=S)OC[C@H]2O[C@@H](n3cnc4c(N(CC=C)C(=O)c5ccccc5)ncnc43)[C@H](O[Si](C)(C)C(C)(C)C)[C@@H]2C)[C@H]1C.C=CCN(C(=O)c1ccccc1)c1ncnc2c1ncn2[C@@H]1O[C@H](COP=S)[C@@H](NP(C)(=S)OC[C@H]2O[C@@H](n3cnc4c(N(CC=C)C(=O)c5ccccc5)ncnc43)[C@H](O[Si](C)(C)C(C)(C)C)[C@@H]2N)[C@H]1C. The Morgan fingerprint density at radius 3 is 0.973 bits per heavy atom. The molecule has 12 aromatic rings. The normalized spacial score (nSPS) is 23.0. The number of hydrogen-bond donors (Lipinski definition) is 3. The van der Waals surface area contributed by atoms with Crippen molar-refractivity contribution in [1.82, 2.24) is 88.3 Å². The highest BCUT2D eigenvalue weighted by molar-refractivity contribution is 8.11. The first kappa shape index (κ1) is 113. The third kappa shape index (κ3) is 24.4. The molecule has 776 valence electrons. The predicted molar refractivity (Wildman–Crippen MR) is 590 cm³/mol. The van der Waals surface area contributed by atoms with E-state index >= 15 is 0 Å². The van der Waals surface area contributed by atoms with Gasteiger partial charge in [0.2, 0.25) is 0 Å². The summed E-state index contributed by atoms with van der Waals surface area (Å²) in [7, 11) is -4.21. The van der Waals surface area contributed by atoms with Crippen LogP contribution in [0.25, 0.3) is 44.7 Å². The lowest BCUT2D eigenvalue weighted by Gasteiger charge is -2.40. The van der Waals surface area contributed by atoms with Crippen LogP contribution in [0, 0.1) is 17.8 Å². The number of rotatable bonds is 40. The zero-order chi connectivity index (χ0) is 103. The van der Waals surface area contributed by atoms with E-state index in [1.807, 2.05) is 107 Å². The van der Waals surface area contributed by atoms with E-state index in [1.54, 1.807) is 108 Å². The van der Waals surface area contributed by atoms with Crippen molar-refractivity contribution < 1.29 is 65.1 Å². The van der Waals surface area contributed by atoms with Gasteiger partial charge < -0.3 is 51.6 Å². The van der Waals surface area contributed by atoms with Crippen molar-refractivity contribution >= 4 is 183 Å². The summed E-state index contributed by atoms with van der Waals surface area (Å²) in [6.07, 6.45) is 7.40. The maximum Gasteiger partial charge on any atom is 0.259 e. The summed E-state index contributed by atoms with van der Waals surface area (Å²) in [6, 6.07) is 34.6. The quantitative estimate of drug-likeness (QED) is 0.0182. The first-order valence-electron chi connectivity index (χ1n) is 47.0. The molecule has 4 aliphatic rings. The Morgan fingerprint density at radius 1 is 0.418 bits per heavy atom. The summed E-state index contributed by atoms with van der Waals surface area (Å²) in [6.45, 7) is 48.8. The van der Waals surface area contributed by atoms with Crippen molar-refractivity contribution in [3.63, 3.8) is 0 Å². The van der Waals surface area contributed by atoms with Crippen molar-refractivity contribution in [2.75, 3.05) is 85.5 Å². The van der Waals surface area contributed by atoms with Crippen molar-refractivity contribution in [1.29, 1.82) is 0 Å². The van der Waals surface area contributed by atoms with E-state index in [0.29, 0.717) is 105 Å². The molecule has 0 bridgehead atoms. The van der Waals surface area contributed by atoms with E-state index in [0.717, 1.165) is 0 Å². The molecule has 4 fully saturated rings. The number of nitrogens with zero attached hydrogens (tertiary/aromatic N) is 20. The molecule has 4 amide bonds. The van der Waals surface area contributed by atoms with Crippen LogP contribution in [0.15, 0.2) is 223 Å². The van der Waals surface area contributed by atoms with Crippen molar-refractivity contribution in [3.05, 3.63) is 245 Å². The number of nitrogens with one attached hydrogen (secondary N) is 2. The highest BCUT2D eigenvalue weighted by Crippen LogP contribution is 2.52. The number of nitrogens with two attached hydrogens (primary N) is 1. The number of anilines is 4. The molecular formula is C99H129N23O14P4S4Si2. The summed E-state index contributed by atoms with van der Waals surface area (Å²) in [4.78, 5) is 117. The smallest absolute Gasteiger partial charge is 0.259 e. The summed E-state index contributed by atoms with van der Waals surface area (Å²) < 4.78 is 74.0. The summed E-state index contributed by atoms with van der Waals surface area (Å²) >= 11 is 22.9. The van der Waals surface area contributed by atoms with E-state index in [2.05, 4.69) is 153 Å². The van der Waals surface area contributed by atoms with Crippen LogP contribution < -0.4 is 35.5 Å². The third-order valence-corrected chi connectivity index (χ3v) is 41.3. The molecular weight excluding hydrogens is 2040 g/mol. The van der Waals surface area contributed by atoms with Crippen LogP contribution in [0.3, 0.4) is 0 Å². The molecule has 0 aliphatic carbocycles. The third-order valence-electron chi connectivity index (χ3n) is 27.1. The molecule has 146 heavy (non-hydrogen) atoms. The molecule has 0 spiro atoms. The molecule has 4 saturated heterocycles. The van der Waals surface area contributed by atoms with Gasteiger partial charge in [0.1, 0.15) is 90.2 Å². The molecule has 4 N–H and O–H groups in total. The molecule has 12 heterocycles. The lowest BCUT2D eigenvalue weighted by Crippen LogP contribution is -2.51. The number of amides is 4. The maximum absolute atomic E-state index is 13.9. The first-order valence-corrected chi connectivity index (χ1v) is 62.8. The van der Waals surface area contributed by atoms with Gasteiger partial charge in [-0.2, -0.15) is 0 Å². The van der Waals surface area contributed by atoms with Crippen molar-refractivity contribution in [2.45, 2.75) is 193 Å². The molecule has 16 rings (SSSR count). The molecule has 4 aromatic carbocycles. The number of carbonyl (C=O) groups is 4. The number of fused-ring (bicyclic) bond motifs is 4. The van der Waals surface area contributed by atoms with E-state index < -0.39 is 97.0 Å². The van der Waals surface area contributed by atoms with Crippen LogP contribution in [0.4, 0.5) is 23.3 Å². The molecule has 47 heteroatoms. The number of aromatic nitrogens is 16. The fourth-order valence-electron chi connectivity index (χ4n) is 17.5. The molecule has 8 aromatic heterocycles. The van der Waals surface area contributed by atoms with Gasteiger partial charge in [0.25, 0.3) is 23.6 Å². The van der Waals surface area contributed by atoms with E-state index in [9.17, 15) is 19.2 Å². The number of ether oxygens (including phenoxy) is 4. The van der Waals surface area contributed by atoms with E-state index in [4.69, 9.17) is 124 Å². The Hall–Kier alpha value is -9.83. The first-order chi connectivity index (χ1) is 68.8. The fraction of sp³-hybridized carbons (Fsp3) is 0.434. The van der Waals surface area contributed by atoms with Gasteiger partial charge >= 0.3 is 0 Å². The van der Waals surface area contributed by atoms with Crippen molar-refractivity contribution in [3.8, 4) is 0 Å². The lowest BCUT2D eigenvalue weighted by molar-refractivity contribution is -0.0427. The zero-order valence-electron chi connectivity index (χ0n) is 82.9. The number of carbonyl (C=O) groups excluding carboxylic acids is 4. The van der Waals surface area contributed by atoms with Crippen LogP contribution in [0.1, 0.15) is 144 Å². The Balaban J connectivity index is 0.000000241. The average molecular weight is 2170 g/mol. The van der Waals surface area contributed by atoms with Gasteiger partial charge in [-0.15, -0.1) is 26.3 Å². The highest BCUT2D eigenvalue weighted by Gasteiger charge is 2.54. The van der Waals surface area contributed by atoms with Gasteiger partial charge in [0.15, 0.2) is 97.0 Å². The largest absolute Gasteiger partial charge is 0.409 e. The Labute approximate surface area is 877 Å². The van der Waals surface area contributed by atoms with Crippen LogP contribution in [0.5, 0.6) is 0 Å². The number of benzene rings is 4. The topological polar surface area (TPSA) is 398 Å². The standard InChI is InChI=1S/C49H61N11O7P2S2Si.C48H60N12O7P2S2Si.2CH4/c1-11-23-57(45(61)33-19-15-13-16-20-33)41-38-43(52-27-50-41)59(29-54-38)47-32(4)37(36(66-47)25-63-68-70)56-69(8,71)64-26-35-31(3)40(67-72(9,10)49(5,6)7)48(65-35)60-30-55-39-42(51-28-53-44(39)60)58(24-12-2)46(62)34-21-17-14-18-22-34;1-10-22-57(44(61)31-18-14-12-15-19-31)40-37-42(52-26-50-40)59(28-54-37)46-30(3)36(34(66-46)24-63-68-70)56-69(7,71)64-25-33-35(49)39(67-72(8,9)48(4,5)6)47(65-33)60-29-55-38-41(51-27-53-43(38)60)58(23-11-2)45(62)32-20-16-13-17-21-32;;/h11-22,27-32,35-37,40,47-48H,1-2,23-26H2,3-10H3,(H,56,71);10-21,26-30,33-36,39,46-47H,1-2,22-25,49H2,3-9H3,(H,56,71);2*1H4/t31-,32-,35-,36-,37+,40-,47-,48-,69?;30-,33-,34-,35-,36+,39-,46-,47-,69?;;/m11../s1. The molecule has 0 saturated carbocycles. The van der Waals surface area contributed by atoms with Gasteiger partial charge in [0.05, 0.1) is 70.0 Å². The Morgan fingerprint density at radius 2 is 0.685 bits per heavy atom. The average Bonchev–Trinajstić information content (AvgIpc) is 1.61. The van der Waals surface area contributed by atoms with Crippen LogP contribution >= 0.6 is 28.0 Å². The second kappa shape index (κ2) is 48.4. The fourth-order valence-corrected chi connectivity index (χ4v) is 25.0. The van der Waals surface area contributed by atoms with Gasteiger partial charge in [-0.05, 0) is 108 Å². The minimum Gasteiger partial charge on any atom is -0.409 e. The van der Waals surface area contributed by atoms with Crippen LogP contribution in [-0.4, -0.2) is 239 Å². The number of hydrogen-bond acceptors (Lipinski definition) is 31. The van der Waals surface area contributed by atoms with Gasteiger partial charge in [-0.25, -0.2) is 59.8 Å². The molecule has 0 radical (unpaired) electrons. The maximum atomic E-state index is 13.9. The minimum absolute atomic E-state index is 0. The molecule has 18 atom stereocenters. The number of imidazole rings is 4. The van der Waals surface area contributed by atoms with E-state index in [1.165, 1.54) is 40.0 Å². The predicted octanol–water partition coefficient (Wildman–Crippen LogP) is 18.0. The zero-order valence-corrected chi connectivity index (χ0v) is 91.7. The molecule has 37 nitrogen and oxygen atoms in total. The Bertz CT molecular complexity index is 6360. The molecule has 4 aliphatic heterocycles. The second-order valence-corrected chi connectivity index (χ2v) is 58.6. The monoisotopic (exact) mass is 2170 g/mol. The van der Waals surface area contributed by atoms with Crippen molar-refractivity contribution in [2.24, 2.45) is 23.5 Å². The summed E-state index contributed by atoms with van der Waals surface area (Å²) in [5.74, 6) is -0.251. The van der Waals surface area contributed by atoms with Gasteiger partial charge in [-0.1, -0.05) is 198 Å². The van der Waals surface area contributed by atoms with Gasteiger partial charge in [-0.3, -0.25) is 67.2 Å². The van der Waals surface area contributed by atoms with Crippen LogP contribution in [0.2, 0.25) is 36.3 Å². The van der Waals surface area contributed by atoms with E-state index in [-0.39, 0.29) is 131 Å². The van der Waals surface area contributed by atoms with Crippen LogP contribution in [-0.2, 0) is 93.1 Å². The highest BCUT2D eigenvalue weighted by atomic mass is 32.5. The van der Waals surface area contributed by atoms with Gasteiger partial charge in [0, 0.05) is 91.6 Å². The molecule has 2 unspecified atom stereocenters. The summed E-state index contributed by atoms with van der Waals surface area (Å²) in [5, 5.41) is 7.05. The Kier molecular flexibility index (Phi) is 37.6. The lowest BCUT2D eigenvalue weighted by atomic mass is 10.00.